The van der Waals surface area contributed by atoms with Crippen LogP contribution in [0.1, 0.15) is 72.6 Å². The van der Waals surface area contributed by atoms with Gasteiger partial charge in [-0.3, -0.25) is 14.4 Å². The second-order valence-electron chi connectivity index (χ2n) is 16.5. The second-order valence-corrected chi connectivity index (χ2v) is 16.5. The van der Waals surface area contributed by atoms with Crippen molar-refractivity contribution in [2.45, 2.75) is 88.2 Å². The molecule has 0 spiro atoms. The summed E-state index contributed by atoms with van der Waals surface area (Å²) in [4.78, 5) is 56.9. The van der Waals surface area contributed by atoms with Crippen LogP contribution in [0, 0.1) is 0 Å². The maximum absolute atomic E-state index is 14.8. The molecule has 0 radical (unpaired) electrons. The summed E-state index contributed by atoms with van der Waals surface area (Å²) < 4.78 is 30.7. The normalized spacial score (nSPS) is 19.0. The fourth-order valence-corrected chi connectivity index (χ4v) is 7.61. The molecule has 4 aromatic rings. The number of aliphatic hydroxyl groups excluding tert-OH is 2. The standard InChI is InChI=1S/C50H56N2O11/c1-49(2,3)62-44(55)24-23-40(33-54)51-46(56)41(30-34-15-8-5-9-16-34)52(4)47(57)37-31-42(60-48(58)36-18-14-17-35(29-36)25-27-59-28-26-53)45-43(32-37)61-50(63-45,38-19-10-6-11-20-38)39-21-12-7-13-22-39/h5-22,25,27,29,32,40-43,45,53-54H,23-24,26,28,30-31,33H2,1-4H3,(H,51,56). The van der Waals surface area contributed by atoms with Gasteiger partial charge in [-0.1, -0.05) is 103 Å². The highest BCUT2D eigenvalue weighted by Gasteiger charge is 2.55. The Morgan fingerprint density at radius 1 is 0.889 bits per heavy atom. The van der Waals surface area contributed by atoms with E-state index in [0.29, 0.717) is 16.7 Å². The first kappa shape index (κ1) is 46.4. The highest BCUT2D eigenvalue weighted by molar-refractivity contribution is 5.97. The number of aliphatic hydroxyl groups is 2. The van der Waals surface area contributed by atoms with Crippen LogP contribution in [0.2, 0.25) is 0 Å². The molecule has 0 saturated carbocycles. The van der Waals surface area contributed by atoms with Crippen molar-refractivity contribution in [3.8, 4) is 0 Å². The Hall–Kier alpha value is -6.12. The van der Waals surface area contributed by atoms with Crippen LogP contribution in [-0.4, -0.2) is 102 Å². The third kappa shape index (κ3) is 12.1. The minimum absolute atomic E-state index is 0.0357. The molecular weight excluding hydrogens is 805 g/mol. The van der Waals surface area contributed by atoms with Crippen molar-refractivity contribution in [2.75, 3.05) is 26.9 Å². The smallest absolute Gasteiger partial charge is 0.338 e. The Bertz CT molecular complexity index is 2180. The molecule has 4 aromatic carbocycles. The van der Waals surface area contributed by atoms with Crippen molar-refractivity contribution >= 4 is 29.8 Å². The summed E-state index contributed by atoms with van der Waals surface area (Å²) in [7, 11) is 1.53. The van der Waals surface area contributed by atoms with Crippen LogP contribution in [-0.2, 0) is 50.3 Å². The third-order valence-electron chi connectivity index (χ3n) is 10.7. The number of ether oxygens (including phenoxy) is 5. The first-order valence-corrected chi connectivity index (χ1v) is 21.1. The molecule has 0 bridgehead atoms. The number of benzene rings is 4. The lowest BCUT2D eigenvalue weighted by molar-refractivity contribution is -0.157. The van der Waals surface area contributed by atoms with Crippen molar-refractivity contribution < 1.29 is 53.1 Å². The number of rotatable bonds is 18. The highest BCUT2D eigenvalue weighted by Crippen LogP contribution is 2.47. The van der Waals surface area contributed by atoms with Crippen LogP contribution in [0.25, 0.3) is 6.08 Å². The van der Waals surface area contributed by atoms with Crippen LogP contribution < -0.4 is 5.32 Å². The monoisotopic (exact) mass is 860 g/mol. The van der Waals surface area contributed by atoms with Gasteiger partial charge in [-0.05, 0) is 62.6 Å². The minimum Gasteiger partial charge on any atom is -0.499 e. The lowest BCUT2D eigenvalue weighted by Gasteiger charge is -2.34. The zero-order valence-electron chi connectivity index (χ0n) is 36.1. The number of hydrogen-bond donors (Lipinski definition) is 3. The minimum atomic E-state index is -1.43. The molecule has 63 heavy (non-hydrogen) atoms. The Kier molecular flexibility index (Phi) is 15.7. The molecule has 5 atom stereocenters. The maximum Gasteiger partial charge on any atom is 0.338 e. The number of esters is 2. The molecule has 13 nitrogen and oxygen atoms in total. The van der Waals surface area contributed by atoms with E-state index < -0.39 is 72.1 Å². The van der Waals surface area contributed by atoms with Crippen LogP contribution >= 0.6 is 0 Å². The largest absolute Gasteiger partial charge is 0.499 e. The predicted octanol–water partition coefficient (Wildman–Crippen LogP) is 5.88. The number of fused-ring (bicyclic) bond motifs is 1. The number of hydrogen-bond acceptors (Lipinski definition) is 11. The summed E-state index contributed by atoms with van der Waals surface area (Å²) in [5.41, 5.74) is 2.63. The molecule has 5 unspecified atom stereocenters. The molecule has 1 aliphatic carbocycles. The van der Waals surface area contributed by atoms with Gasteiger partial charge in [0.1, 0.15) is 36.6 Å². The van der Waals surface area contributed by atoms with Crippen molar-refractivity contribution in [1.29, 1.82) is 0 Å². The average molecular weight is 861 g/mol. The number of carbonyl (C=O) groups is 4. The van der Waals surface area contributed by atoms with Gasteiger partial charge in [0, 0.05) is 43.0 Å². The summed E-state index contributed by atoms with van der Waals surface area (Å²) in [5.74, 6) is -3.59. The topological polar surface area (TPSA) is 170 Å². The van der Waals surface area contributed by atoms with Crippen molar-refractivity contribution in [1.82, 2.24) is 10.2 Å². The fraction of sp³-hybridized carbons (Fsp3) is 0.360. The molecule has 1 saturated heterocycles. The van der Waals surface area contributed by atoms with E-state index in [1.165, 1.54) is 18.2 Å². The molecule has 1 heterocycles. The van der Waals surface area contributed by atoms with E-state index in [-0.39, 0.29) is 50.0 Å². The average Bonchev–Trinajstić information content (AvgIpc) is 3.70. The first-order valence-electron chi connectivity index (χ1n) is 21.1. The number of amides is 2. The van der Waals surface area contributed by atoms with E-state index in [0.717, 1.165) is 5.56 Å². The molecule has 0 aromatic heterocycles. The molecule has 332 valence electrons. The maximum atomic E-state index is 14.8. The zero-order valence-corrected chi connectivity index (χ0v) is 36.1. The van der Waals surface area contributed by atoms with Crippen molar-refractivity contribution in [3.63, 3.8) is 0 Å². The molecule has 3 N–H and O–H groups in total. The van der Waals surface area contributed by atoms with Crippen molar-refractivity contribution in [3.05, 3.63) is 161 Å². The van der Waals surface area contributed by atoms with Gasteiger partial charge in [-0.25, -0.2) is 4.79 Å². The molecule has 1 fully saturated rings. The van der Waals surface area contributed by atoms with E-state index in [4.69, 9.17) is 28.8 Å². The van der Waals surface area contributed by atoms with Gasteiger partial charge in [0.15, 0.2) is 0 Å². The van der Waals surface area contributed by atoms with Gasteiger partial charge in [0.25, 0.3) is 0 Å². The lowest BCUT2D eigenvalue weighted by atomic mass is 9.90. The van der Waals surface area contributed by atoms with Gasteiger partial charge in [-0.15, -0.1) is 0 Å². The highest BCUT2D eigenvalue weighted by atomic mass is 16.8. The predicted molar refractivity (Wildman–Crippen MR) is 235 cm³/mol. The molecular formula is C50H56N2O11. The lowest BCUT2D eigenvalue weighted by Crippen LogP contribution is -2.53. The van der Waals surface area contributed by atoms with Gasteiger partial charge in [0.05, 0.1) is 31.1 Å². The van der Waals surface area contributed by atoms with E-state index in [9.17, 15) is 24.3 Å². The summed E-state index contributed by atoms with van der Waals surface area (Å²) in [6.07, 6.45) is 2.18. The van der Waals surface area contributed by atoms with E-state index in [1.807, 2.05) is 91.0 Å². The third-order valence-corrected chi connectivity index (χ3v) is 10.7. The molecule has 13 heteroatoms. The van der Waals surface area contributed by atoms with Gasteiger partial charge in [-0.2, -0.15) is 0 Å². The Morgan fingerprint density at radius 2 is 1.54 bits per heavy atom. The number of nitrogens with one attached hydrogen (secondary N) is 1. The summed E-state index contributed by atoms with van der Waals surface area (Å²) >= 11 is 0. The van der Waals surface area contributed by atoms with E-state index in [1.54, 1.807) is 57.2 Å². The van der Waals surface area contributed by atoms with E-state index in [2.05, 4.69) is 5.32 Å². The number of nitrogens with zero attached hydrogens (tertiary/aromatic N) is 1. The van der Waals surface area contributed by atoms with Gasteiger partial charge in [0.2, 0.25) is 17.6 Å². The molecule has 2 aliphatic rings. The van der Waals surface area contributed by atoms with Crippen LogP contribution in [0.4, 0.5) is 0 Å². The van der Waals surface area contributed by atoms with Crippen LogP contribution in [0.3, 0.4) is 0 Å². The van der Waals surface area contributed by atoms with Crippen LogP contribution in [0.5, 0.6) is 0 Å². The fourth-order valence-electron chi connectivity index (χ4n) is 7.61. The number of likely N-dealkylation sites (N-methyl/N-ethyl adjacent to an activating group) is 1. The summed E-state index contributed by atoms with van der Waals surface area (Å²) in [6.45, 7) is 4.83. The quantitative estimate of drug-likeness (QED) is 0.0621. The summed E-state index contributed by atoms with van der Waals surface area (Å²) in [5, 5.41) is 22.2. The Labute approximate surface area is 368 Å². The molecule has 2 amide bonds. The van der Waals surface area contributed by atoms with Crippen molar-refractivity contribution in [2.24, 2.45) is 0 Å². The van der Waals surface area contributed by atoms with Gasteiger partial charge < -0.3 is 44.1 Å². The Balaban J connectivity index is 1.31. The van der Waals surface area contributed by atoms with E-state index >= 15 is 0 Å². The molecule has 6 rings (SSSR count). The SMILES string of the molecule is CN(C(=O)C1=CC2OC(c3ccccc3)(c3ccccc3)OC2C(OC(=O)c2cccc(C=COCCO)c2)C1)C(Cc1ccccc1)C(=O)NC(CO)CCC(=O)OC(C)(C)C. The zero-order chi connectivity index (χ0) is 45.0. The van der Waals surface area contributed by atoms with Crippen LogP contribution in [0.15, 0.2) is 133 Å². The second kappa shape index (κ2) is 21.3. The first-order chi connectivity index (χ1) is 30.3. The Morgan fingerprint density at radius 3 is 2.16 bits per heavy atom. The summed E-state index contributed by atoms with van der Waals surface area (Å²) in [6, 6.07) is 33.0. The molecule has 1 aliphatic heterocycles. The number of carbonyl (C=O) groups excluding carboxylic acids is 4. The van der Waals surface area contributed by atoms with Gasteiger partial charge >= 0.3 is 11.9 Å².